The number of H-pyrrole nitrogens is 1. The quantitative estimate of drug-likeness (QED) is 0.383. The predicted octanol–water partition coefficient (Wildman–Crippen LogP) is 3.50. The third kappa shape index (κ3) is 5.16. The first-order valence-corrected chi connectivity index (χ1v) is 10.4. The third-order valence-electron chi connectivity index (χ3n) is 5.01. The molecule has 10 heteroatoms. The van der Waals surface area contributed by atoms with E-state index >= 15 is 0 Å². The Hall–Kier alpha value is -3.82. The van der Waals surface area contributed by atoms with E-state index in [1.54, 1.807) is 36.7 Å². The minimum absolute atomic E-state index is 0.0146. The van der Waals surface area contributed by atoms with E-state index < -0.39 is 11.9 Å². The summed E-state index contributed by atoms with van der Waals surface area (Å²) in [5, 5.41) is 12.5. The van der Waals surface area contributed by atoms with Crippen LogP contribution in [0.15, 0.2) is 76.7 Å². The van der Waals surface area contributed by atoms with Crippen LogP contribution in [0.25, 0.3) is 11.3 Å². The number of aromatic nitrogens is 4. The molecule has 0 fully saturated rings. The third-order valence-corrected chi connectivity index (χ3v) is 5.31. The number of aliphatic hydroxyl groups excluding tert-OH is 1. The lowest BCUT2D eigenvalue weighted by Crippen LogP contribution is -2.25. The number of aliphatic hydroxyl groups is 1. The fourth-order valence-electron chi connectivity index (χ4n) is 3.41. The van der Waals surface area contributed by atoms with Gasteiger partial charge in [-0.25, -0.2) is 14.4 Å². The normalized spacial score (nSPS) is 11.8. The summed E-state index contributed by atoms with van der Waals surface area (Å²) in [6, 6.07) is 11.5. The number of rotatable bonds is 7. The molecule has 4 rings (SSSR count). The number of benzene rings is 1. The monoisotopic (exact) mass is 467 g/mol. The standard InChI is InChI=1S/C23H19ClFN5O3/c24-17-3-1-15(11-18(17)25)20(7-10-31)30-9-6-14(12-22(30)33)19-5-8-26-23(29-19)28-16-2-4-21(32)27-13-16/h1-6,8-9,11-13,20,31H,7,10H2,(H,27,32)(H,26,28,29)/t20-/m1/s1. The zero-order valence-electron chi connectivity index (χ0n) is 17.2. The highest BCUT2D eigenvalue weighted by molar-refractivity contribution is 6.30. The summed E-state index contributed by atoms with van der Waals surface area (Å²) in [5.41, 5.74) is 1.64. The van der Waals surface area contributed by atoms with Gasteiger partial charge in [0.25, 0.3) is 5.56 Å². The van der Waals surface area contributed by atoms with E-state index in [0.717, 1.165) is 0 Å². The predicted molar refractivity (Wildman–Crippen MR) is 123 cm³/mol. The van der Waals surface area contributed by atoms with Gasteiger partial charge >= 0.3 is 0 Å². The smallest absolute Gasteiger partial charge is 0.251 e. The number of nitrogens with zero attached hydrogens (tertiary/aromatic N) is 3. The maximum absolute atomic E-state index is 14.0. The number of anilines is 2. The number of nitrogens with one attached hydrogen (secondary N) is 2. The summed E-state index contributed by atoms with van der Waals surface area (Å²) >= 11 is 5.77. The molecule has 3 N–H and O–H groups in total. The molecule has 0 radical (unpaired) electrons. The van der Waals surface area contributed by atoms with Crippen LogP contribution in [-0.2, 0) is 0 Å². The molecule has 0 aliphatic carbocycles. The maximum Gasteiger partial charge on any atom is 0.251 e. The largest absolute Gasteiger partial charge is 0.396 e. The lowest BCUT2D eigenvalue weighted by molar-refractivity contribution is 0.266. The summed E-state index contributed by atoms with van der Waals surface area (Å²) in [5.74, 6) is -0.302. The van der Waals surface area contributed by atoms with Gasteiger partial charge in [0.2, 0.25) is 11.5 Å². The molecular formula is C23H19ClFN5O3. The van der Waals surface area contributed by atoms with Crippen LogP contribution in [-0.4, -0.2) is 31.2 Å². The van der Waals surface area contributed by atoms with Gasteiger partial charge in [-0.2, -0.15) is 0 Å². The van der Waals surface area contributed by atoms with Gasteiger partial charge in [0.15, 0.2) is 0 Å². The first-order chi connectivity index (χ1) is 15.9. The Morgan fingerprint density at radius 3 is 2.70 bits per heavy atom. The molecule has 4 aromatic rings. The van der Waals surface area contributed by atoms with Crippen LogP contribution in [0.3, 0.4) is 0 Å². The highest BCUT2D eigenvalue weighted by atomic mass is 35.5. The van der Waals surface area contributed by atoms with Crippen molar-refractivity contribution in [1.29, 1.82) is 0 Å². The van der Waals surface area contributed by atoms with Crippen molar-refractivity contribution in [2.75, 3.05) is 11.9 Å². The number of hydrogen-bond acceptors (Lipinski definition) is 6. The average molecular weight is 468 g/mol. The number of hydrogen-bond donors (Lipinski definition) is 3. The Kier molecular flexibility index (Phi) is 6.62. The Labute approximate surface area is 192 Å². The number of pyridine rings is 2. The van der Waals surface area contributed by atoms with E-state index in [1.807, 2.05) is 0 Å². The van der Waals surface area contributed by atoms with Gasteiger partial charge in [0.1, 0.15) is 5.82 Å². The van der Waals surface area contributed by atoms with Gasteiger partial charge in [-0.15, -0.1) is 0 Å². The van der Waals surface area contributed by atoms with Crippen molar-refractivity contribution < 1.29 is 9.50 Å². The molecule has 8 nitrogen and oxygen atoms in total. The summed E-state index contributed by atoms with van der Waals surface area (Å²) < 4.78 is 15.4. The average Bonchev–Trinajstić information content (AvgIpc) is 2.81. The summed E-state index contributed by atoms with van der Waals surface area (Å²) in [4.78, 5) is 35.3. The molecule has 0 aliphatic heterocycles. The van der Waals surface area contributed by atoms with Gasteiger partial charge in [-0.05, 0) is 42.3 Å². The van der Waals surface area contributed by atoms with E-state index in [1.165, 1.54) is 35.0 Å². The SMILES string of the molecule is O=c1ccc(Nc2nccc(-c3ccn([C@H](CCO)c4ccc(Cl)c(F)c4)c(=O)c3)n2)c[nH]1. The van der Waals surface area contributed by atoms with Gasteiger partial charge in [0.05, 0.1) is 22.4 Å². The van der Waals surface area contributed by atoms with Crippen LogP contribution >= 0.6 is 11.6 Å². The fourth-order valence-corrected chi connectivity index (χ4v) is 3.53. The second-order valence-electron chi connectivity index (χ2n) is 7.19. The van der Waals surface area contributed by atoms with E-state index in [0.29, 0.717) is 28.5 Å². The van der Waals surface area contributed by atoms with Gasteiger partial charge in [-0.1, -0.05) is 17.7 Å². The highest BCUT2D eigenvalue weighted by Crippen LogP contribution is 2.26. The molecule has 1 atom stereocenters. The molecule has 0 spiro atoms. The van der Waals surface area contributed by atoms with Crippen LogP contribution in [0, 0.1) is 5.82 Å². The molecule has 0 saturated heterocycles. The Morgan fingerprint density at radius 1 is 1.15 bits per heavy atom. The molecule has 168 valence electrons. The van der Waals surface area contributed by atoms with Crippen molar-refractivity contribution in [2.45, 2.75) is 12.5 Å². The van der Waals surface area contributed by atoms with E-state index in [-0.39, 0.29) is 29.2 Å². The van der Waals surface area contributed by atoms with Crippen LogP contribution in [0.1, 0.15) is 18.0 Å². The molecule has 1 aromatic carbocycles. The molecule has 3 heterocycles. The first-order valence-electron chi connectivity index (χ1n) is 10.0. The number of aromatic amines is 1. The maximum atomic E-state index is 14.0. The summed E-state index contributed by atoms with van der Waals surface area (Å²) in [7, 11) is 0. The second kappa shape index (κ2) is 9.76. The van der Waals surface area contributed by atoms with Crippen LogP contribution in [0.5, 0.6) is 0 Å². The van der Waals surface area contributed by atoms with E-state index in [4.69, 9.17) is 11.6 Å². The highest BCUT2D eigenvalue weighted by Gasteiger charge is 2.17. The van der Waals surface area contributed by atoms with Crippen molar-refractivity contribution in [3.05, 3.63) is 104 Å². The Bertz CT molecular complexity index is 1380. The van der Waals surface area contributed by atoms with Gasteiger partial charge in [0, 0.05) is 42.9 Å². The van der Waals surface area contributed by atoms with Crippen LogP contribution in [0.4, 0.5) is 16.0 Å². The molecule has 0 aliphatic rings. The molecule has 0 bridgehead atoms. The topological polar surface area (TPSA) is 113 Å². The molecule has 3 aromatic heterocycles. The van der Waals surface area contributed by atoms with Crippen LogP contribution in [0.2, 0.25) is 5.02 Å². The second-order valence-corrected chi connectivity index (χ2v) is 7.60. The Morgan fingerprint density at radius 2 is 2.00 bits per heavy atom. The first kappa shape index (κ1) is 22.4. The van der Waals surface area contributed by atoms with Gasteiger partial charge < -0.3 is 20.0 Å². The zero-order chi connectivity index (χ0) is 23.4. The molecule has 0 amide bonds. The molecule has 0 saturated carbocycles. The van der Waals surface area contributed by atoms with Crippen molar-refractivity contribution >= 4 is 23.2 Å². The lowest BCUT2D eigenvalue weighted by Gasteiger charge is -2.20. The number of halogens is 2. The lowest BCUT2D eigenvalue weighted by atomic mass is 10.0. The molecule has 0 unspecified atom stereocenters. The van der Waals surface area contributed by atoms with E-state index in [9.17, 15) is 19.1 Å². The summed E-state index contributed by atoms with van der Waals surface area (Å²) in [6.07, 6.45) is 4.86. The minimum Gasteiger partial charge on any atom is -0.396 e. The van der Waals surface area contributed by atoms with Crippen molar-refractivity contribution in [3.8, 4) is 11.3 Å². The van der Waals surface area contributed by atoms with Crippen molar-refractivity contribution in [1.82, 2.24) is 19.5 Å². The fraction of sp³-hybridized carbons (Fsp3) is 0.130. The minimum atomic E-state index is -0.592. The van der Waals surface area contributed by atoms with Gasteiger partial charge in [-0.3, -0.25) is 9.59 Å². The zero-order valence-corrected chi connectivity index (χ0v) is 18.0. The van der Waals surface area contributed by atoms with Crippen molar-refractivity contribution in [3.63, 3.8) is 0 Å². The van der Waals surface area contributed by atoms with Crippen molar-refractivity contribution in [2.24, 2.45) is 0 Å². The van der Waals surface area contributed by atoms with E-state index in [2.05, 4.69) is 20.3 Å². The van der Waals surface area contributed by atoms with Crippen LogP contribution < -0.4 is 16.4 Å². The molecular weight excluding hydrogens is 449 g/mol. The molecule has 33 heavy (non-hydrogen) atoms. The summed E-state index contributed by atoms with van der Waals surface area (Å²) in [6.45, 7) is -0.186. The Balaban J connectivity index is 1.64.